The molecule has 6 nitrogen and oxygen atoms in total. The highest BCUT2D eigenvalue weighted by Crippen LogP contribution is 2.17. The zero-order valence-corrected chi connectivity index (χ0v) is 45.6. The maximum Gasteiger partial charge on any atom is 0.305 e. The minimum absolute atomic E-state index is 0.00608. The lowest BCUT2D eigenvalue weighted by molar-refractivity contribution is -0.143. The second kappa shape index (κ2) is 57.7. The number of aliphatic hydroxyl groups is 2. The number of rotatable bonds is 56. The van der Waals surface area contributed by atoms with Crippen LogP contribution in [0, 0.1) is 0 Å². The third kappa shape index (κ3) is 53.4. The molecule has 0 bridgehead atoms. The fraction of sp³-hybridized carbons (Fsp3) is 0.871. The molecule has 68 heavy (non-hydrogen) atoms. The highest BCUT2D eigenvalue weighted by molar-refractivity contribution is 5.76. The molecule has 0 saturated carbocycles. The Bertz CT molecular complexity index is 1100. The van der Waals surface area contributed by atoms with Gasteiger partial charge in [0.1, 0.15) is 0 Å². The molecule has 0 fully saturated rings. The van der Waals surface area contributed by atoms with E-state index in [9.17, 15) is 19.8 Å². The van der Waals surface area contributed by atoms with E-state index >= 15 is 0 Å². The summed E-state index contributed by atoms with van der Waals surface area (Å²) in [5.74, 6) is -0.0820. The summed E-state index contributed by atoms with van der Waals surface area (Å²) in [6.07, 6.45) is 71.7. The van der Waals surface area contributed by atoms with Crippen LogP contribution in [0.2, 0.25) is 0 Å². The Hall–Kier alpha value is -1.92. The number of amides is 1. The van der Waals surface area contributed by atoms with E-state index in [1.165, 1.54) is 244 Å². The van der Waals surface area contributed by atoms with E-state index < -0.39 is 12.1 Å². The third-order valence-corrected chi connectivity index (χ3v) is 13.9. The van der Waals surface area contributed by atoms with E-state index in [0.29, 0.717) is 19.4 Å². The Morgan fingerprint density at radius 1 is 0.397 bits per heavy atom. The molecule has 1 amide bonds. The SMILES string of the molecule is CCCCCC/C=C\CCCCCCCC(=O)OCCCCCCCCCC/C=C\CCCCCCCCCC(=O)NC(CO)C(O)/C=C/CCCCCCCCCCCCCCCCCCC. The maximum absolute atomic E-state index is 12.5. The van der Waals surface area contributed by atoms with Crippen molar-refractivity contribution in [2.75, 3.05) is 13.2 Å². The van der Waals surface area contributed by atoms with Gasteiger partial charge in [-0.2, -0.15) is 0 Å². The van der Waals surface area contributed by atoms with E-state index in [1.807, 2.05) is 6.08 Å². The predicted molar refractivity (Wildman–Crippen MR) is 296 cm³/mol. The number of nitrogens with one attached hydrogen (secondary N) is 1. The molecule has 2 unspecified atom stereocenters. The molecule has 2 atom stereocenters. The van der Waals surface area contributed by atoms with Crippen molar-refractivity contribution in [3.05, 3.63) is 36.5 Å². The first kappa shape index (κ1) is 66.1. The quantitative estimate of drug-likeness (QED) is 0.0321. The van der Waals surface area contributed by atoms with Gasteiger partial charge in [0.2, 0.25) is 5.91 Å². The zero-order valence-electron chi connectivity index (χ0n) is 45.6. The van der Waals surface area contributed by atoms with Crippen LogP contribution >= 0.6 is 0 Å². The average molecular weight is 957 g/mol. The Morgan fingerprint density at radius 2 is 0.691 bits per heavy atom. The van der Waals surface area contributed by atoms with Gasteiger partial charge in [0, 0.05) is 12.8 Å². The van der Waals surface area contributed by atoms with Crippen molar-refractivity contribution < 1.29 is 24.5 Å². The van der Waals surface area contributed by atoms with Crippen molar-refractivity contribution in [2.24, 2.45) is 0 Å². The number of unbranched alkanes of at least 4 members (excludes halogenated alkanes) is 41. The lowest BCUT2D eigenvalue weighted by Gasteiger charge is -2.20. The number of carbonyl (C=O) groups excluding carboxylic acids is 2. The van der Waals surface area contributed by atoms with E-state index in [0.717, 1.165) is 51.4 Å². The highest BCUT2D eigenvalue weighted by atomic mass is 16.5. The topological polar surface area (TPSA) is 95.9 Å². The molecule has 0 aromatic rings. The first-order valence-electron chi connectivity index (χ1n) is 30.3. The maximum atomic E-state index is 12.5. The van der Waals surface area contributed by atoms with Gasteiger partial charge in [0.15, 0.2) is 0 Å². The fourth-order valence-electron chi connectivity index (χ4n) is 9.21. The molecule has 6 heteroatoms. The fourth-order valence-corrected chi connectivity index (χ4v) is 9.21. The van der Waals surface area contributed by atoms with Crippen molar-refractivity contribution in [1.82, 2.24) is 5.32 Å². The molecular formula is C62H117NO5. The summed E-state index contributed by atoms with van der Waals surface area (Å²) in [4.78, 5) is 24.5. The van der Waals surface area contributed by atoms with Crippen molar-refractivity contribution in [3.63, 3.8) is 0 Å². The Labute approximate surface area is 424 Å². The minimum Gasteiger partial charge on any atom is -0.466 e. The highest BCUT2D eigenvalue weighted by Gasteiger charge is 2.18. The smallest absolute Gasteiger partial charge is 0.305 e. The molecule has 0 aliphatic heterocycles. The summed E-state index contributed by atoms with van der Waals surface area (Å²) < 4.78 is 5.46. The first-order valence-corrected chi connectivity index (χ1v) is 30.3. The van der Waals surface area contributed by atoms with Gasteiger partial charge in [-0.15, -0.1) is 0 Å². The molecule has 0 aromatic heterocycles. The molecule has 0 aliphatic carbocycles. The summed E-state index contributed by atoms with van der Waals surface area (Å²) >= 11 is 0. The summed E-state index contributed by atoms with van der Waals surface area (Å²) in [5, 5.41) is 23.2. The molecule has 0 heterocycles. The van der Waals surface area contributed by atoms with Crippen molar-refractivity contribution in [2.45, 2.75) is 334 Å². The van der Waals surface area contributed by atoms with Crippen LogP contribution in [0.1, 0.15) is 322 Å². The van der Waals surface area contributed by atoms with Crippen LogP contribution in [0.3, 0.4) is 0 Å². The lowest BCUT2D eigenvalue weighted by atomic mass is 10.0. The van der Waals surface area contributed by atoms with Crippen LogP contribution in [0.5, 0.6) is 0 Å². The Balaban J connectivity index is 3.48. The van der Waals surface area contributed by atoms with E-state index in [-0.39, 0.29) is 18.5 Å². The largest absolute Gasteiger partial charge is 0.466 e. The van der Waals surface area contributed by atoms with Crippen molar-refractivity contribution in [3.8, 4) is 0 Å². The van der Waals surface area contributed by atoms with Gasteiger partial charge in [-0.25, -0.2) is 0 Å². The second-order valence-electron chi connectivity index (χ2n) is 20.7. The van der Waals surface area contributed by atoms with Crippen molar-refractivity contribution in [1.29, 1.82) is 0 Å². The Morgan fingerprint density at radius 3 is 1.06 bits per heavy atom. The van der Waals surface area contributed by atoms with Crippen LogP contribution in [0.25, 0.3) is 0 Å². The average Bonchev–Trinajstić information content (AvgIpc) is 3.34. The predicted octanol–water partition coefficient (Wildman–Crippen LogP) is 18.8. The number of hydrogen-bond acceptors (Lipinski definition) is 5. The number of esters is 1. The van der Waals surface area contributed by atoms with E-state index in [2.05, 4.69) is 43.5 Å². The zero-order chi connectivity index (χ0) is 49.3. The van der Waals surface area contributed by atoms with Gasteiger partial charge in [-0.3, -0.25) is 9.59 Å². The number of ether oxygens (including phenoxy) is 1. The van der Waals surface area contributed by atoms with E-state index in [1.54, 1.807) is 6.08 Å². The van der Waals surface area contributed by atoms with Gasteiger partial charge >= 0.3 is 5.97 Å². The van der Waals surface area contributed by atoms with Gasteiger partial charge in [-0.05, 0) is 83.5 Å². The molecule has 0 saturated heterocycles. The molecule has 0 aromatic carbocycles. The number of carbonyl (C=O) groups is 2. The molecule has 3 N–H and O–H groups in total. The number of aliphatic hydroxyl groups excluding tert-OH is 2. The molecule has 0 rings (SSSR count). The molecule has 0 radical (unpaired) electrons. The van der Waals surface area contributed by atoms with Crippen LogP contribution in [0.4, 0.5) is 0 Å². The monoisotopic (exact) mass is 956 g/mol. The lowest BCUT2D eigenvalue weighted by Crippen LogP contribution is -2.45. The molecule has 0 spiro atoms. The van der Waals surface area contributed by atoms with Crippen LogP contribution in [-0.2, 0) is 14.3 Å². The van der Waals surface area contributed by atoms with Crippen molar-refractivity contribution >= 4 is 11.9 Å². The normalized spacial score (nSPS) is 12.8. The minimum atomic E-state index is -0.852. The second-order valence-corrected chi connectivity index (χ2v) is 20.7. The van der Waals surface area contributed by atoms with Gasteiger partial charge in [-0.1, -0.05) is 262 Å². The summed E-state index contributed by atoms with van der Waals surface area (Å²) in [6.45, 7) is 4.89. The third-order valence-electron chi connectivity index (χ3n) is 13.9. The molecule has 0 aliphatic rings. The molecule has 400 valence electrons. The molecular weight excluding hydrogens is 839 g/mol. The number of hydrogen-bond donors (Lipinski definition) is 3. The van der Waals surface area contributed by atoms with Gasteiger partial charge in [0.05, 0.1) is 25.4 Å². The van der Waals surface area contributed by atoms with E-state index in [4.69, 9.17) is 4.74 Å². The van der Waals surface area contributed by atoms with Gasteiger partial charge in [0.25, 0.3) is 0 Å². The van der Waals surface area contributed by atoms with Crippen LogP contribution < -0.4 is 5.32 Å². The summed E-state index contributed by atoms with van der Waals surface area (Å²) in [7, 11) is 0. The van der Waals surface area contributed by atoms with Gasteiger partial charge < -0.3 is 20.3 Å². The summed E-state index contributed by atoms with van der Waals surface area (Å²) in [5.41, 5.74) is 0. The first-order chi connectivity index (χ1) is 33.5. The number of allylic oxidation sites excluding steroid dienone is 5. The Kier molecular flexibility index (Phi) is 56.0. The van der Waals surface area contributed by atoms with Crippen LogP contribution in [0.15, 0.2) is 36.5 Å². The summed E-state index contributed by atoms with van der Waals surface area (Å²) in [6, 6.07) is -0.636. The van der Waals surface area contributed by atoms with Crippen LogP contribution in [-0.4, -0.2) is 47.4 Å². The standard InChI is InChI=1S/C62H117NO5/c1-3-5-7-9-11-13-15-17-18-19-21-24-27-31-34-38-42-46-50-54-60(65)59(58-64)63-61(66)55-51-47-43-39-35-32-28-25-22-20-23-26-29-33-37-41-45-49-53-57-68-62(67)56-52-48-44-40-36-30-16-14-12-10-8-6-4-2/h14,16,20,22,50,54,59-60,64-65H,3-13,15,17-19,21,23-49,51-53,55-58H2,1-2H3,(H,63,66)/b16-14-,22-20-,54-50+.